The number of carbonyl (C=O) groups is 2. The molecule has 0 heterocycles. The summed E-state index contributed by atoms with van der Waals surface area (Å²) in [5.74, 6) is -3.56. The molecule has 0 fully saturated rings. The van der Waals surface area contributed by atoms with Crippen LogP contribution in [0.3, 0.4) is 0 Å². The number of hydrazone groups is 1. The van der Waals surface area contributed by atoms with Crippen LogP contribution in [-0.2, 0) is 9.59 Å². The van der Waals surface area contributed by atoms with E-state index in [-0.39, 0.29) is 17.9 Å². The number of aliphatic carboxylic acids is 1. The van der Waals surface area contributed by atoms with E-state index in [1.54, 1.807) is 0 Å². The maximum absolute atomic E-state index is 12.6. The highest BCUT2D eigenvalue weighted by molar-refractivity contribution is 5.82. The van der Waals surface area contributed by atoms with Crippen LogP contribution in [0, 0.1) is 10.1 Å². The molecule has 0 bridgehead atoms. The molecule has 0 aliphatic rings. The summed E-state index contributed by atoms with van der Waals surface area (Å²) in [7, 11) is 0. The minimum absolute atomic E-state index is 0.273. The second-order valence-corrected chi connectivity index (χ2v) is 6.95. The standard InChI is InChI=1S/C19H24N6O3.C2HF3O2/c20-16(12-7-13-22-19(21)24-25(27)28)18(26)23-17(14-8-3-1-4-9-14)15-10-5-2-6-11-15;3-2(4,5)1(6)7/h1-6,8-11,16-17H,7,12-13,20H2,(H,23,26)(H3,21,22,24);(H,6,7)/p-1/t16-;/m1./s1. The van der Waals surface area contributed by atoms with Gasteiger partial charge in [0.2, 0.25) is 5.91 Å². The first kappa shape index (κ1) is 28.8. The van der Waals surface area contributed by atoms with E-state index >= 15 is 0 Å². The van der Waals surface area contributed by atoms with Crippen molar-refractivity contribution in [2.24, 2.45) is 16.6 Å². The van der Waals surface area contributed by atoms with Crippen LogP contribution in [0.4, 0.5) is 13.2 Å². The molecule has 0 radical (unpaired) electrons. The van der Waals surface area contributed by atoms with Crippen LogP contribution in [0.15, 0.2) is 65.8 Å². The summed E-state index contributed by atoms with van der Waals surface area (Å²) in [5.41, 5.74) is 13.3. The molecule has 14 heteroatoms. The van der Waals surface area contributed by atoms with Crippen molar-refractivity contribution in [1.29, 1.82) is 0 Å². The van der Waals surface area contributed by atoms with Crippen molar-refractivity contribution in [2.75, 3.05) is 6.54 Å². The van der Waals surface area contributed by atoms with E-state index in [0.29, 0.717) is 19.4 Å². The zero-order valence-corrected chi connectivity index (χ0v) is 18.3. The van der Waals surface area contributed by atoms with Crippen LogP contribution in [-0.4, -0.2) is 41.6 Å². The third-order valence-electron chi connectivity index (χ3n) is 4.31. The van der Waals surface area contributed by atoms with Crippen molar-refractivity contribution in [3.05, 3.63) is 81.9 Å². The lowest BCUT2D eigenvalue weighted by molar-refractivity contribution is -0.485. The molecule has 6 N–H and O–H groups in total. The second-order valence-electron chi connectivity index (χ2n) is 6.95. The van der Waals surface area contributed by atoms with Crippen molar-refractivity contribution in [3.63, 3.8) is 0 Å². The van der Waals surface area contributed by atoms with Gasteiger partial charge in [-0.25, -0.2) is 10.1 Å². The Morgan fingerprint density at radius 2 is 1.49 bits per heavy atom. The average Bonchev–Trinajstić information content (AvgIpc) is 2.80. The number of carbonyl (C=O) groups excluding carboxylic acids is 2. The van der Waals surface area contributed by atoms with E-state index in [2.05, 4.69) is 15.7 Å². The number of carboxylic acids is 1. The molecule has 2 aromatic rings. The van der Waals surface area contributed by atoms with Crippen LogP contribution in [0.25, 0.3) is 0 Å². The molecule has 2 rings (SSSR count). The van der Waals surface area contributed by atoms with Crippen LogP contribution >= 0.6 is 0 Å². The van der Waals surface area contributed by atoms with E-state index in [1.807, 2.05) is 60.7 Å². The second kappa shape index (κ2) is 14.1. The van der Waals surface area contributed by atoms with Gasteiger partial charge in [-0.1, -0.05) is 60.7 Å². The third kappa shape index (κ3) is 11.5. The van der Waals surface area contributed by atoms with Gasteiger partial charge >= 0.3 is 6.18 Å². The summed E-state index contributed by atoms with van der Waals surface area (Å²) in [6.07, 6.45) is -4.30. The largest absolute Gasteiger partial charge is 0.542 e. The van der Waals surface area contributed by atoms with Crippen molar-refractivity contribution >= 4 is 17.8 Å². The Morgan fingerprint density at radius 3 is 1.89 bits per heavy atom. The molecule has 0 aromatic heterocycles. The van der Waals surface area contributed by atoms with Gasteiger partial charge in [0.05, 0.1) is 12.1 Å². The number of nitrogens with one attached hydrogen (secondary N) is 2. The molecule has 0 saturated carbocycles. The number of hydrogen-bond acceptors (Lipinski definition) is 6. The third-order valence-corrected chi connectivity index (χ3v) is 4.31. The Labute approximate surface area is 198 Å². The van der Waals surface area contributed by atoms with Gasteiger partial charge in [-0.15, -0.1) is 0 Å². The molecule has 1 amide bonds. The number of halogens is 3. The van der Waals surface area contributed by atoms with E-state index < -0.39 is 23.2 Å². The zero-order valence-electron chi connectivity index (χ0n) is 18.3. The summed E-state index contributed by atoms with van der Waals surface area (Å²) in [4.78, 5) is 31.6. The quantitative estimate of drug-likeness (QED) is 0.126. The smallest absolute Gasteiger partial charge is 0.430 e. The van der Waals surface area contributed by atoms with Crippen molar-refractivity contribution in [1.82, 2.24) is 10.6 Å². The Kier molecular flexibility index (Phi) is 11.7. The number of rotatable bonds is 9. The van der Waals surface area contributed by atoms with E-state index in [0.717, 1.165) is 11.1 Å². The fourth-order valence-electron chi connectivity index (χ4n) is 2.69. The first-order chi connectivity index (χ1) is 16.4. The van der Waals surface area contributed by atoms with Crippen molar-refractivity contribution in [3.8, 4) is 0 Å². The van der Waals surface area contributed by atoms with Gasteiger partial charge in [0, 0.05) is 6.54 Å². The molecule has 11 nitrogen and oxygen atoms in total. The van der Waals surface area contributed by atoms with E-state index in [1.165, 1.54) is 0 Å². The average molecular weight is 497 g/mol. The fraction of sp³-hybridized carbons (Fsp3) is 0.286. The number of hydrogen-bond donors (Lipinski definition) is 4. The van der Waals surface area contributed by atoms with Gasteiger partial charge in [0.15, 0.2) is 5.03 Å². The Bertz CT molecular complexity index is 950. The molecular formula is C21H24F3N6O5-. The van der Waals surface area contributed by atoms with Crippen LogP contribution in [0.2, 0.25) is 0 Å². The van der Waals surface area contributed by atoms with Gasteiger partial charge in [-0.05, 0) is 24.0 Å². The summed E-state index contributed by atoms with van der Waals surface area (Å²) in [6, 6.07) is 18.3. The van der Waals surface area contributed by atoms with Gasteiger partial charge < -0.3 is 32.0 Å². The molecule has 1 atom stereocenters. The summed E-state index contributed by atoms with van der Waals surface area (Å²) < 4.78 is 31.5. The minimum atomic E-state index is -5.19. The molecule has 0 saturated heterocycles. The molecule has 2 aromatic carbocycles. The molecule has 0 spiro atoms. The monoisotopic (exact) mass is 497 g/mol. The van der Waals surface area contributed by atoms with Crippen molar-refractivity contribution < 1.29 is 32.9 Å². The fourth-order valence-corrected chi connectivity index (χ4v) is 2.69. The van der Waals surface area contributed by atoms with Crippen LogP contribution in [0.1, 0.15) is 30.0 Å². The highest BCUT2D eigenvalue weighted by Gasteiger charge is 2.28. The minimum Gasteiger partial charge on any atom is -0.542 e. The maximum Gasteiger partial charge on any atom is 0.430 e. The highest BCUT2D eigenvalue weighted by Crippen LogP contribution is 2.22. The van der Waals surface area contributed by atoms with Gasteiger partial charge in [-0.2, -0.15) is 13.2 Å². The first-order valence-electron chi connectivity index (χ1n) is 10.1. The highest BCUT2D eigenvalue weighted by atomic mass is 19.4. The normalized spacial score (nSPS) is 12.2. The number of guanidine groups is 1. The Hall–Kier alpha value is -4.20. The molecular weight excluding hydrogens is 473 g/mol. The topological polar surface area (TPSA) is 189 Å². The number of nitrogens with zero attached hydrogens (tertiary/aromatic N) is 2. The number of nitro groups is 1. The lowest BCUT2D eigenvalue weighted by Gasteiger charge is -2.22. The predicted molar refractivity (Wildman–Crippen MR) is 118 cm³/mol. The lowest BCUT2D eigenvalue weighted by Crippen LogP contribution is -2.43. The van der Waals surface area contributed by atoms with Crippen LogP contribution < -0.4 is 27.2 Å². The zero-order chi connectivity index (χ0) is 26.4. The molecule has 190 valence electrons. The molecule has 0 unspecified atom stereocenters. The Morgan fingerprint density at radius 1 is 1.03 bits per heavy atom. The van der Waals surface area contributed by atoms with Gasteiger partial charge in [-0.3, -0.25) is 4.79 Å². The maximum atomic E-state index is 12.6. The Balaban J connectivity index is 0.000000762. The first-order valence-corrected chi connectivity index (χ1v) is 10.1. The predicted octanol–water partition coefficient (Wildman–Crippen LogP) is 0.394. The number of benzene rings is 2. The molecule has 0 aliphatic heterocycles. The number of nitrogens with two attached hydrogens (primary N) is 2. The molecule has 35 heavy (non-hydrogen) atoms. The summed E-state index contributed by atoms with van der Waals surface area (Å²) in [5, 5.41) is 26.6. The van der Waals surface area contributed by atoms with Gasteiger partial charge in [0.25, 0.3) is 5.96 Å². The van der Waals surface area contributed by atoms with Crippen molar-refractivity contribution in [2.45, 2.75) is 31.1 Å². The summed E-state index contributed by atoms with van der Waals surface area (Å²) >= 11 is 0. The lowest BCUT2D eigenvalue weighted by atomic mass is 9.98. The van der Waals surface area contributed by atoms with Crippen LogP contribution in [0.5, 0.6) is 0 Å². The van der Waals surface area contributed by atoms with E-state index in [9.17, 15) is 28.1 Å². The SMILES string of the molecule is NC(=N[N+](=O)[O-])NCCC[C@@H](N)C(=O)NC(c1ccccc1)c1ccccc1.O=C([O-])C(F)(F)F. The number of amides is 1. The number of alkyl halides is 3. The number of carboxylic acid groups (broad SMARTS) is 1. The van der Waals surface area contributed by atoms with Gasteiger partial charge in [0.1, 0.15) is 11.1 Å². The molecule has 0 aliphatic carbocycles. The van der Waals surface area contributed by atoms with E-state index in [4.69, 9.17) is 21.4 Å². The summed E-state index contributed by atoms with van der Waals surface area (Å²) in [6.45, 7) is 0.324.